The van der Waals surface area contributed by atoms with Crippen LogP contribution in [0.5, 0.6) is 0 Å². The molecule has 0 bridgehead atoms. The Balaban J connectivity index is 2.37. The van der Waals surface area contributed by atoms with Gasteiger partial charge in [0, 0.05) is 22.2 Å². The molecular formula is C13H13Br2ClN2O2. The lowest BCUT2D eigenvalue weighted by Gasteiger charge is -2.16. The Hall–Kier alpha value is -0.400. The fourth-order valence-electron chi connectivity index (χ4n) is 1.87. The van der Waals surface area contributed by atoms with Crippen LogP contribution in [-0.4, -0.2) is 28.6 Å². The molecule has 0 amide bonds. The number of hydrogen-bond acceptors (Lipinski definition) is 3. The maximum absolute atomic E-state index is 10.6. The fraction of sp³-hybridized carbons (Fsp3) is 0.308. The van der Waals surface area contributed by atoms with E-state index in [4.69, 9.17) is 16.3 Å². The number of aliphatic hydroxyl groups excluding tert-OH is 1. The van der Waals surface area contributed by atoms with E-state index >= 15 is 0 Å². The van der Waals surface area contributed by atoms with E-state index in [1.54, 1.807) is 36.2 Å². The van der Waals surface area contributed by atoms with E-state index in [1.165, 1.54) is 0 Å². The van der Waals surface area contributed by atoms with Crippen LogP contribution in [0.1, 0.15) is 17.4 Å². The van der Waals surface area contributed by atoms with Gasteiger partial charge in [-0.25, -0.2) is 0 Å². The first kappa shape index (κ1) is 16.0. The van der Waals surface area contributed by atoms with Crippen molar-refractivity contribution in [2.45, 2.75) is 12.6 Å². The zero-order chi connectivity index (χ0) is 14.7. The van der Waals surface area contributed by atoms with Crippen LogP contribution in [0.25, 0.3) is 0 Å². The molecule has 1 heterocycles. The van der Waals surface area contributed by atoms with E-state index in [0.29, 0.717) is 23.9 Å². The first-order valence-corrected chi connectivity index (χ1v) is 7.84. The highest BCUT2D eigenvalue weighted by molar-refractivity contribution is 9.10. The number of nitrogens with zero attached hydrogens (tertiary/aromatic N) is 2. The Bertz CT molecular complexity index is 604. The van der Waals surface area contributed by atoms with Crippen LogP contribution >= 0.6 is 43.5 Å². The van der Waals surface area contributed by atoms with Crippen molar-refractivity contribution < 1.29 is 9.84 Å². The SMILES string of the molecule is COCCn1ncc(Br)c1C(O)c1ccc(Cl)cc1Br. The molecule has 2 rings (SSSR count). The lowest BCUT2D eigenvalue weighted by molar-refractivity contribution is 0.171. The predicted molar refractivity (Wildman–Crippen MR) is 85.0 cm³/mol. The van der Waals surface area contributed by atoms with Crippen LogP contribution in [0.2, 0.25) is 5.02 Å². The molecule has 1 N–H and O–H groups in total. The molecule has 0 aliphatic rings. The summed E-state index contributed by atoms with van der Waals surface area (Å²) in [7, 11) is 1.63. The van der Waals surface area contributed by atoms with Gasteiger partial charge in [0.25, 0.3) is 0 Å². The minimum atomic E-state index is -0.810. The lowest BCUT2D eigenvalue weighted by atomic mass is 10.1. The zero-order valence-electron chi connectivity index (χ0n) is 10.7. The summed E-state index contributed by atoms with van der Waals surface area (Å²) >= 11 is 12.8. The lowest BCUT2D eigenvalue weighted by Crippen LogP contribution is -2.14. The molecule has 0 saturated heterocycles. The van der Waals surface area contributed by atoms with Crippen molar-refractivity contribution in [1.29, 1.82) is 0 Å². The second-order valence-corrected chi connectivity index (χ2v) is 6.31. The molecule has 1 unspecified atom stereocenters. The second-order valence-electron chi connectivity index (χ2n) is 4.16. The summed E-state index contributed by atoms with van der Waals surface area (Å²) in [4.78, 5) is 0. The molecule has 4 nitrogen and oxygen atoms in total. The molecule has 20 heavy (non-hydrogen) atoms. The summed E-state index contributed by atoms with van der Waals surface area (Å²) in [6, 6.07) is 5.29. The molecular weight excluding hydrogens is 411 g/mol. The van der Waals surface area contributed by atoms with Gasteiger partial charge in [0.1, 0.15) is 6.10 Å². The van der Waals surface area contributed by atoms with Gasteiger partial charge in [0.05, 0.1) is 29.5 Å². The minimum Gasteiger partial charge on any atom is -0.383 e. The Labute approximate surface area is 139 Å². The van der Waals surface area contributed by atoms with Gasteiger partial charge in [-0.05, 0) is 28.1 Å². The van der Waals surface area contributed by atoms with Crippen LogP contribution < -0.4 is 0 Å². The number of rotatable bonds is 5. The summed E-state index contributed by atoms with van der Waals surface area (Å²) in [5, 5.41) is 15.5. The maximum atomic E-state index is 10.6. The van der Waals surface area contributed by atoms with Gasteiger partial charge in [-0.3, -0.25) is 4.68 Å². The second kappa shape index (κ2) is 7.04. The fourth-order valence-corrected chi connectivity index (χ4v) is 3.28. The van der Waals surface area contributed by atoms with Crippen molar-refractivity contribution in [2.75, 3.05) is 13.7 Å². The number of benzene rings is 1. The van der Waals surface area contributed by atoms with Gasteiger partial charge in [-0.15, -0.1) is 0 Å². The van der Waals surface area contributed by atoms with E-state index < -0.39 is 6.10 Å². The van der Waals surface area contributed by atoms with E-state index in [-0.39, 0.29) is 0 Å². The van der Waals surface area contributed by atoms with Crippen LogP contribution in [0.4, 0.5) is 0 Å². The molecule has 1 aromatic carbocycles. The third-order valence-corrected chi connectivity index (χ3v) is 4.39. The zero-order valence-corrected chi connectivity index (χ0v) is 14.6. The maximum Gasteiger partial charge on any atom is 0.123 e. The first-order valence-electron chi connectivity index (χ1n) is 5.87. The minimum absolute atomic E-state index is 0.523. The van der Waals surface area contributed by atoms with Crippen LogP contribution in [0.15, 0.2) is 33.3 Å². The number of ether oxygens (including phenoxy) is 1. The van der Waals surface area contributed by atoms with E-state index in [1.807, 2.05) is 0 Å². The normalized spacial score (nSPS) is 12.7. The number of methoxy groups -OCH3 is 1. The number of aliphatic hydroxyl groups is 1. The average molecular weight is 425 g/mol. The van der Waals surface area contributed by atoms with E-state index in [0.717, 1.165) is 14.5 Å². The topological polar surface area (TPSA) is 47.3 Å². The molecule has 1 aromatic heterocycles. The molecule has 1 atom stereocenters. The third kappa shape index (κ3) is 3.43. The van der Waals surface area contributed by atoms with Gasteiger partial charge in [0.2, 0.25) is 0 Å². The van der Waals surface area contributed by atoms with Crippen molar-refractivity contribution in [2.24, 2.45) is 0 Å². The summed E-state index contributed by atoms with van der Waals surface area (Å²) in [6.07, 6.45) is 0.855. The average Bonchev–Trinajstić information content (AvgIpc) is 2.77. The largest absolute Gasteiger partial charge is 0.383 e. The first-order chi connectivity index (χ1) is 9.54. The van der Waals surface area contributed by atoms with E-state index in [9.17, 15) is 5.11 Å². The van der Waals surface area contributed by atoms with Crippen LogP contribution in [-0.2, 0) is 11.3 Å². The Morgan fingerprint density at radius 2 is 2.15 bits per heavy atom. The molecule has 0 aliphatic carbocycles. The summed E-state index contributed by atoms with van der Waals surface area (Å²) < 4.78 is 8.28. The van der Waals surface area contributed by atoms with E-state index in [2.05, 4.69) is 37.0 Å². The van der Waals surface area contributed by atoms with Crippen LogP contribution in [0, 0.1) is 0 Å². The van der Waals surface area contributed by atoms with Crippen molar-refractivity contribution in [1.82, 2.24) is 9.78 Å². The monoisotopic (exact) mass is 422 g/mol. The molecule has 108 valence electrons. The number of halogens is 3. The van der Waals surface area contributed by atoms with Gasteiger partial charge < -0.3 is 9.84 Å². The molecule has 0 saturated carbocycles. The number of aromatic nitrogens is 2. The third-order valence-electron chi connectivity index (χ3n) is 2.86. The van der Waals surface area contributed by atoms with Crippen molar-refractivity contribution in [3.8, 4) is 0 Å². The quantitative estimate of drug-likeness (QED) is 0.795. The standard InChI is InChI=1S/C13H13Br2ClN2O2/c1-20-5-4-18-12(11(15)7-17-18)13(19)9-3-2-8(16)6-10(9)14/h2-3,6-7,13,19H,4-5H2,1H3. The Morgan fingerprint density at radius 3 is 2.80 bits per heavy atom. The van der Waals surface area contributed by atoms with Gasteiger partial charge in [0.15, 0.2) is 0 Å². The van der Waals surface area contributed by atoms with Crippen molar-refractivity contribution in [3.63, 3.8) is 0 Å². The van der Waals surface area contributed by atoms with Gasteiger partial charge in [-0.2, -0.15) is 5.10 Å². The highest BCUT2D eigenvalue weighted by Crippen LogP contribution is 2.33. The highest BCUT2D eigenvalue weighted by Gasteiger charge is 2.21. The summed E-state index contributed by atoms with van der Waals surface area (Å²) in [5.41, 5.74) is 1.42. The van der Waals surface area contributed by atoms with Crippen molar-refractivity contribution in [3.05, 3.63) is 49.6 Å². The molecule has 2 aromatic rings. The smallest absolute Gasteiger partial charge is 0.123 e. The van der Waals surface area contributed by atoms with Crippen LogP contribution in [0.3, 0.4) is 0 Å². The molecule has 0 spiro atoms. The van der Waals surface area contributed by atoms with Gasteiger partial charge >= 0.3 is 0 Å². The summed E-state index contributed by atoms with van der Waals surface area (Å²) in [6.45, 7) is 1.09. The molecule has 7 heteroatoms. The molecule has 0 fully saturated rings. The molecule has 0 aliphatic heterocycles. The Morgan fingerprint density at radius 1 is 1.40 bits per heavy atom. The Kier molecular flexibility index (Phi) is 5.63. The summed E-state index contributed by atoms with van der Waals surface area (Å²) in [5.74, 6) is 0. The molecule has 0 radical (unpaired) electrons. The van der Waals surface area contributed by atoms with Gasteiger partial charge in [-0.1, -0.05) is 33.6 Å². The number of hydrogen-bond donors (Lipinski definition) is 1. The predicted octanol–water partition coefficient (Wildman–Crippen LogP) is 3.79. The van der Waals surface area contributed by atoms with Crippen molar-refractivity contribution >= 4 is 43.5 Å². The highest BCUT2D eigenvalue weighted by atomic mass is 79.9.